The van der Waals surface area contributed by atoms with E-state index in [0.717, 1.165) is 6.54 Å². The number of hydrogen-bond donors (Lipinski definition) is 2. The number of carbonyl (C=O) groups is 3. The fourth-order valence-electron chi connectivity index (χ4n) is 2.30. The number of amides is 4. The van der Waals surface area contributed by atoms with E-state index in [-0.39, 0.29) is 31.1 Å². The van der Waals surface area contributed by atoms with Gasteiger partial charge in [0.1, 0.15) is 6.54 Å². The van der Waals surface area contributed by atoms with Gasteiger partial charge >= 0.3 is 6.03 Å². The molecule has 1 fully saturated rings. The molecule has 1 aliphatic rings. The predicted octanol–water partition coefficient (Wildman–Crippen LogP) is 1.02. The molecule has 7 heteroatoms. The summed E-state index contributed by atoms with van der Waals surface area (Å²) in [5.74, 6) is 0.0117. The van der Waals surface area contributed by atoms with Crippen LogP contribution in [0.4, 0.5) is 10.5 Å². The number of nitrogens with one attached hydrogen (secondary N) is 2. The fourth-order valence-corrected chi connectivity index (χ4v) is 2.30. The molecule has 1 aliphatic heterocycles. The molecule has 7 nitrogen and oxygen atoms in total. The minimum atomic E-state index is -0.348. The van der Waals surface area contributed by atoms with E-state index in [1.54, 1.807) is 31.3 Å². The van der Waals surface area contributed by atoms with Crippen molar-refractivity contribution in [3.8, 4) is 0 Å². The largest absolute Gasteiger partial charge is 0.355 e. The van der Waals surface area contributed by atoms with Crippen molar-refractivity contribution in [3.63, 3.8) is 0 Å². The Balaban J connectivity index is 2.05. The second kappa shape index (κ2) is 7.23. The molecule has 0 spiro atoms. The minimum Gasteiger partial charge on any atom is -0.355 e. The van der Waals surface area contributed by atoms with E-state index >= 15 is 0 Å². The summed E-state index contributed by atoms with van der Waals surface area (Å²) in [5, 5.41) is 5.63. The lowest BCUT2D eigenvalue weighted by Gasteiger charge is -2.18. The summed E-state index contributed by atoms with van der Waals surface area (Å²) in [7, 11) is 1.56. The quantitative estimate of drug-likeness (QED) is 0.767. The molecule has 124 valence electrons. The highest BCUT2D eigenvalue weighted by Gasteiger charge is 2.36. The summed E-state index contributed by atoms with van der Waals surface area (Å²) in [6.45, 7) is 5.07. The molecule has 0 bridgehead atoms. The summed E-state index contributed by atoms with van der Waals surface area (Å²) in [6, 6.07) is 6.25. The maximum absolute atomic E-state index is 12.4. The van der Waals surface area contributed by atoms with Crippen LogP contribution in [0.2, 0.25) is 0 Å². The van der Waals surface area contributed by atoms with Crippen LogP contribution < -0.4 is 15.5 Å². The SMILES string of the molecule is CNC(=O)c1ccc(N2CC(=O)N(CNCC(C)C)C2=O)cc1. The van der Waals surface area contributed by atoms with E-state index in [0.29, 0.717) is 17.2 Å². The van der Waals surface area contributed by atoms with Crippen LogP contribution in [0.5, 0.6) is 0 Å². The highest BCUT2D eigenvalue weighted by molar-refractivity contribution is 6.12. The first kappa shape index (κ1) is 17.0. The van der Waals surface area contributed by atoms with Gasteiger partial charge in [-0.25, -0.2) is 9.69 Å². The molecule has 2 N–H and O–H groups in total. The topological polar surface area (TPSA) is 81.8 Å². The van der Waals surface area contributed by atoms with Gasteiger partial charge < -0.3 is 5.32 Å². The third-order valence-electron chi connectivity index (χ3n) is 3.55. The second-order valence-corrected chi connectivity index (χ2v) is 5.82. The van der Waals surface area contributed by atoms with Crippen LogP contribution in [0.3, 0.4) is 0 Å². The molecule has 4 amide bonds. The number of imide groups is 1. The monoisotopic (exact) mass is 318 g/mol. The Morgan fingerprint density at radius 3 is 2.43 bits per heavy atom. The van der Waals surface area contributed by atoms with Crippen LogP contribution in [-0.4, -0.2) is 49.6 Å². The van der Waals surface area contributed by atoms with Gasteiger partial charge in [0, 0.05) is 18.3 Å². The van der Waals surface area contributed by atoms with Gasteiger partial charge in [0.2, 0.25) is 0 Å². The number of anilines is 1. The van der Waals surface area contributed by atoms with Crippen molar-refractivity contribution >= 4 is 23.5 Å². The Morgan fingerprint density at radius 1 is 1.22 bits per heavy atom. The lowest BCUT2D eigenvalue weighted by molar-refractivity contribution is -0.125. The lowest BCUT2D eigenvalue weighted by Crippen LogP contribution is -2.41. The van der Waals surface area contributed by atoms with Gasteiger partial charge in [0.05, 0.1) is 6.67 Å². The summed E-state index contributed by atoms with van der Waals surface area (Å²) in [5.41, 5.74) is 1.10. The highest BCUT2D eigenvalue weighted by Crippen LogP contribution is 2.21. The van der Waals surface area contributed by atoms with Crippen molar-refractivity contribution in [2.75, 3.05) is 31.7 Å². The Morgan fingerprint density at radius 2 is 1.87 bits per heavy atom. The zero-order valence-corrected chi connectivity index (χ0v) is 13.6. The number of nitrogens with zero attached hydrogens (tertiary/aromatic N) is 2. The van der Waals surface area contributed by atoms with E-state index < -0.39 is 0 Å². The Labute approximate surface area is 135 Å². The molecule has 1 saturated heterocycles. The summed E-state index contributed by atoms with van der Waals surface area (Å²) < 4.78 is 0. The Bertz CT molecular complexity index is 598. The Hall–Kier alpha value is -2.41. The third kappa shape index (κ3) is 3.87. The maximum Gasteiger partial charge on any atom is 0.332 e. The third-order valence-corrected chi connectivity index (χ3v) is 3.55. The second-order valence-electron chi connectivity index (χ2n) is 5.82. The van der Waals surface area contributed by atoms with Gasteiger partial charge in [-0.05, 0) is 36.7 Å². The van der Waals surface area contributed by atoms with Crippen LogP contribution >= 0.6 is 0 Å². The highest BCUT2D eigenvalue weighted by atomic mass is 16.2. The molecule has 1 aromatic carbocycles. The standard InChI is InChI=1S/C16H22N4O3/c1-11(2)8-18-10-20-14(21)9-19(16(20)23)13-6-4-12(5-7-13)15(22)17-3/h4-7,11,18H,8-10H2,1-3H3,(H,17,22). The van der Waals surface area contributed by atoms with Crippen molar-refractivity contribution in [1.82, 2.24) is 15.5 Å². The number of hydrogen-bond acceptors (Lipinski definition) is 4. The van der Waals surface area contributed by atoms with Crippen molar-refractivity contribution in [1.29, 1.82) is 0 Å². The molecule has 0 atom stereocenters. The van der Waals surface area contributed by atoms with E-state index in [9.17, 15) is 14.4 Å². The lowest BCUT2D eigenvalue weighted by atomic mass is 10.2. The molecule has 1 heterocycles. The van der Waals surface area contributed by atoms with Gasteiger partial charge in [-0.15, -0.1) is 0 Å². The van der Waals surface area contributed by atoms with E-state index in [2.05, 4.69) is 24.5 Å². The zero-order valence-electron chi connectivity index (χ0n) is 13.6. The van der Waals surface area contributed by atoms with Gasteiger partial charge in [-0.1, -0.05) is 13.8 Å². The molecular formula is C16H22N4O3. The minimum absolute atomic E-state index is 0.0154. The molecule has 0 aromatic heterocycles. The van der Waals surface area contributed by atoms with Crippen LogP contribution in [0.15, 0.2) is 24.3 Å². The van der Waals surface area contributed by atoms with Crippen molar-refractivity contribution in [3.05, 3.63) is 29.8 Å². The first-order chi connectivity index (χ1) is 10.9. The molecule has 1 aromatic rings. The van der Waals surface area contributed by atoms with Crippen LogP contribution in [0.25, 0.3) is 0 Å². The molecule has 0 unspecified atom stereocenters. The molecule has 2 rings (SSSR count). The maximum atomic E-state index is 12.4. The normalized spacial score (nSPS) is 14.8. The molecule has 0 radical (unpaired) electrons. The van der Waals surface area contributed by atoms with Crippen molar-refractivity contribution in [2.24, 2.45) is 5.92 Å². The predicted molar refractivity (Wildman–Crippen MR) is 87.1 cm³/mol. The molecule has 23 heavy (non-hydrogen) atoms. The van der Waals surface area contributed by atoms with E-state index in [4.69, 9.17) is 0 Å². The van der Waals surface area contributed by atoms with E-state index in [1.807, 2.05) is 0 Å². The van der Waals surface area contributed by atoms with Crippen LogP contribution in [-0.2, 0) is 4.79 Å². The van der Waals surface area contributed by atoms with Crippen LogP contribution in [0.1, 0.15) is 24.2 Å². The van der Waals surface area contributed by atoms with Crippen molar-refractivity contribution in [2.45, 2.75) is 13.8 Å². The Kier molecular flexibility index (Phi) is 5.33. The summed E-state index contributed by atoms with van der Waals surface area (Å²) >= 11 is 0. The number of carbonyl (C=O) groups excluding carboxylic acids is 3. The first-order valence-corrected chi connectivity index (χ1v) is 7.58. The van der Waals surface area contributed by atoms with Gasteiger partial charge in [-0.3, -0.25) is 19.8 Å². The van der Waals surface area contributed by atoms with Gasteiger partial charge in [0.15, 0.2) is 0 Å². The average Bonchev–Trinajstić information content (AvgIpc) is 2.82. The van der Waals surface area contributed by atoms with Crippen LogP contribution in [0, 0.1) is 5.92 Å². The molecule has 0 saturated carbocycles. The van der Waals surface area contributed by atoms with Gasteiger partial charge in [0.25, 0.3) is 11.8 Å². The van der Waals surface area contributed by atoms with Crippen molar-refractivity contribution < 1.29 is 14.4 Å². The average molecular weight is 318 g/mol. The number of urea groups is 1. The zero-order chi connectivity index (χ0) is 17.0. The fraction of sp³-hybridized carbons (Fsp3) is 0.438. The van der Waals surface area contributed by atoms with E-state index in [1.165, 1.54) is 9.80 Å². The first-order valence-electron chi connectivity index (χ1n) is 7.58. The molecule has 0 aliphatic carbocycles. The number of rotatable bonds is 6. The van der Waals surface area contributed by atoms with Gasteiger partial charge in [-0.2, -0.15) is 0 Å². The smallest absolute Gasteiger partial charge is 0.332 e. The molecular weight excluding hydrogens is 296 g/mol. The number of benzene rings is 1. The summed E-state index contributed by atoms with van der Waals surface area (Å²) in [4.78, 5) is 38.5. The summed E-state index contributed by atoms with van der Waals surface area (Å²) in [6.07, 6.45) is 0.